The summed E-state index contributed by atoms with van der Waals surface area (Å²) in [6.07, 6.45) is 2.82. The van der Waals surface area contributed by atoms with Gasteiger partial charge >= 0.3 is 0 Å². The van der Waals surface area contributed by atoms with Gasteiger partial charge in [-0.15, -0.1) is 0 Å². The highest BCUT2D eigenvalue weighted by Crippen LogP contribution is 2.25. The average Bonchev–Trinajstić information content (AvgIpc) is 2.73. The minimum absolute atomic E-state index is 0.00656. The number of benzene rings is 3. The minimum atomic E-state index is -0.448. The Balaban J connectivity index is 1.67. The number of para-hydroxylation sites is 2. The van der Waals surface area contributed by atoms with E-state index in [-0.39, 0.29) is 24.0 Å². The van der Waals surface area contributed by atoms with Gasteiger partial charge in [0.05, 0.1) is 7.11 Å². The Hall–Kier alpha value is -3.80. The van der Waals surface area contributed by atoms with Gasteiger partial charge in [-0.1, -0.05) is 30.3 Å². The number of ether oxygens (including phenoxy) is 2. The van der Waals surface area contributed by atoms with E-state index in [9.17, 15) is 14.3 Å². The molecule has 1 amide bonds. The number of anilines is 1. The highest BCUT2D eigenvalue weighted by molar-refractivity contribution is 6.02. The van der Waals surface area contributed by atoms with Gasteiger partial charge in [0.15, 0.2) is 11.6 Å². The summed E-state index contributed by atoms with van der Waals surface area (Å²) in [5.74, 6) is -0.154. The van der Waals surface area contributed by atoms with Gasteiger partial charge in [-0.25, -0.2) is 4.39 Å². The molecule has 2 N–H and O–H groups in total. The number of methoxy groups -OCH3 is 1. The molecule has 3 rings (SSSR count). The smallest absolute Gasteiger partial charge is 0.248 e. The van der Waals surface area contributed by atoms with Crippen molar-refractivity contribution in [2.75, 3.05) is 12.4 Å². The topological polar surface area (TPSA) is 67.8 Å². The van der Waals surface area contributed by atoms with Crippen molar-refractivity contribution in [1.82, 2.24) is 0 Å². The molecule has 0 saturated heterocycles. The first-order valence-electron chi connectivity index (χ1n) is 8.88. The summed E-state index contributed by atoms with van der Waals surface area (Å²) >= 11 is 0. The largest absolute Gasteiger partial charge is 0.507 e. The van der Waals surface area contributed by atoms with Crippen LogP contribution in [-0.4, -0.2) is 18.1 Å². The van der Waals surface area contributed by atoms with E-state index in [1.54, 1.807) is 54.6 Å². The normalized spacial score (nSPS) is 10.7. The molecule has 0 spiro atoms. The zero-order valence-electron chi connectivity index (χ0n) is 15.8. The number of phenolic OH excluding ortho intramolecular Hbond substituents is 1. The fourth-order valence-electron chi connectivity index (χ4n) is 2.62. The highest BCUT2D eigenvalue weighted by atomic mass is 19.1. The fourth-order valence-corrected chi connectivity index (χ4v) is 2.62. The lowest BCUT2D eigenvalue weighted by atomic mass is 10.1. The number of nitrogens with one attached hydrogen (secondary N) is 1. The van der Waals surface area contributed by atoms with E-state index < -0.39 is 5.82 Å². The van der Waals surface area contributed by atoms with Crippen LogP contribution >= 0.6 is 0 Å². The van der Waals surface area contributed by atoms with Crippen LogP contribution < -0.4 is 14.8 Å². The van der Waals surface area contributed by atoms with E-state index in [0.717, 1.165) is 0 Å². The maximum Gasteiger partial charge on any atom is 0.248 e. The molecular weight excluding hydrogens is 373 g/mol. The molecule has 0 aliphatic rings. The Morgan fingerprint density at radius 2 is 1.86 bits per heavy atom. The van der Waals surface area contributed by atoms with Gasteiger partial charge in [-0.3, -0.25) is 4.79 Å². The first-order chi connectivity index (χ1) is 14.1. The van der Waals surface area contributed by atoms with Gasteiger partial charge in [0, 0.05) is 29.0 Å². The van der Waals surface area contributed by atoms with Gasteiger partial charge in [0.2, 0.25) is 5.91 Å². The zero-order chi connectivity index (χ0) is 20.6. The van der Waals surface area contributed by atoms with Crippen LogP contribution in [0.15, 0.2) is 72.8 Å². The Morgan fingerprint density at radius 1 is 1.10 bits per heavy atom. The molecule has 0 atom stereocenters. The molecule has 148 valence electrons. The quantitative estimate of drug-likeness (QED) is 0.568. The van der Waals surface area contributed by atoms with Gasteiger partial charge in [0.1, 0.15) is 18.1 Å². The van der Waals surface area contributed by atoms with Gasteiger partial charge < -0.3 is 19.9 Å². The minimum Gasteiger partial charge on any atom is -0.507 e. The second-order valence-electron chi connectivity index (χ2n) is 6.12. The van der Waals surface area contributed by atoms with Crippen molar-refractivity contribution in [3.63, 3.8) is 0 Å². The Labute approximate surface area is 168 Å². The van der Waals surface area contributed by atoms with E-state index >= 15 is 0 Å². The SMILES string of the molecule is COc1ccc(/C=C/C(=O)Nc2ccccc2COc2ccccc2F)c(O)c1. The van der Waals surface area contributed by atoms with Crippen LogP contribution in [-0.2, 0) is 11.4 Å². The predicted molar refractivity (Wildman–Crippen MR) is 109 cm³/mol. The van der Waals surface area contributed by atoms with Crippen molar-refractivity contribution in [3.05, 3.63) is 89.8 Å². The molecule has 0 fully saturated rings. The second kappa shape index (κ2) is 9.41. The van der Waals surface area contributed by atoms with Gasteiger partial charge in [-0.05, 0) is 36.4 Å². The number of amides is 1. The molecule has 0 aliphatic heterocycles. The number of carbonyl (C=O) groups excluding carboxylic acids is 1. The molecule has 0 aromatic heterocycles. The van der Waals surface area contributed by atoms with Crippen molar-refractivity contribution in [1.29, 1.82) is 0 Å². The van der Waals surface area contributed by atoms with Crippen LogP contribution in [0.5, 0.6) is 17.2 Å². The molecule has 0 aliphatic carbocycles. The number of hydrogen-bond acceptors (Lipinski definition) is 4. The Morgan fingerprint density at radius 3 is 2.62 bits per heavy atom. The molecule has 6 heteroatoms. The Kier molecular flexibility index (Phi) is 6.47. The van der Waals surface area contributed by atoms with Crippen molar-refractivity contribution in [2.45, 2.75) is 6.61 Å². The van der Waals surface area contributed by atoms with Crippen LogP contribution in [0.2, 0.25) is 0 Å². The summed E-state index contributed by atoms with van der Waals surface area (Å²) in [7, 11) is 1.51. The number of halogens is 1. The average molecular weight is 393 g/mol. The maximum absolute atomic E-state index is 13.7. The zero-order valence-corrected chi connectivity index (χ0v) is 15.8. The van der Waals surface area contributed by atoms with E-state index in [0.29, 0.717) is 22.6 Å². The van der Waals surface area contributed by atoms with Crippen molar-refractivity contribution >= 4 is 17.7 Å². The first-order valence-corrected chi connectivity index (χ1v) is 8.88. The summed E-state index contributed by atoms with van der Waals surface area (Å²) in [6.45, 7) is 0.0976. The van der Waals surface area contributed by atoms with Gasteiger partial charge in [-0.2, -0.15) is 0 Å². The lowest BCUT2D eigenvalue weighted by Gasteiger charge is -2.12. The third kappa shape index (κ3) is 5.35. The van der Waals surface area contributed by atoms with E-state index in [4.69, 9.17) is 9.47 Å². The number of carbonyl (C=O) groups is 1. The molecule has 3 aromatic carbocycles. The lowest BCUT2D eigenvalue weighted by molar-refractivity contribution is -0.111. The molecule has 5 nitrogen and oxygen atoms in total. The first kappa shape index (κ1) is 19.9. The van der Waals surface area contributed by atoms with E-state index in [1.807, 2.05) is 0 Å². The molecule has 0 radical (unpaired) electrons. The summed E-state index contributed by atoms with van der Waals surface area (Å²) < 4.78 is 24.3. The summed E-state index contributed by atoms with van der Waals surface area (Å²) in [5, 5.41) is 12.7. The summed E-state index contributed by atoms with van der Waals surface area (Å²) in [6, 6.07) is 18.0. The van der Waals surface area contributed by atoms with Crippen molar-refractivity contribution < 1.29 is 23.8 Å². The predicted octanol–water partition coefficient (Wildman–Crippen LogP) is 4.77. The lowest BCUT2D eigenvalue weighted by Crippen LogP contribution is -2.11. The van der Waals surface area contributed by atoms with Crippen molar-refractivity contribution in [2.24, 2.45) is 0 Å². The van der Waals surface area contributed by atoms with Crippen molar-refractivity contribution in [3.8, 4) is 17.2 Å². The van der Waals surface area contributed by atoms with Crippen LogP contribution in [0.3, 0.4) is 0 Å². The highest BCUT2D eigenvalue weighted by Gasteiger charge is 2.08. The number of hydrogen-bond donors (Lipinski definition) is 2. The molecule has 0 heterocycles. The molecular formula is C23H20FNO4. The number of phenols is 1. The molecule has 0 unspecified atom stereocenters. The maximum atomic E-state index is 13.7. The van der Waals surface area contributed by atoms with E-state index in [1.165, 1.54) is 31.4 Å². The third-order valence-electron chi connectivity index (χ3n) is 4.15. The van der Waals surface area contributed by atoms with Crippen LogP contribution in [0.25, 0.3) is 6.08 Å². The van der Waals surface area contributed by atoms with E-state index in [2.05, 4.69) is 5.32 Å². The fraction of sp³-hybridized carbons (Fsp3) is 0.0870. The molecule has 3 aromatic rings. The standard InChI is InChI=1S/C23H20FNO4/c1-28-18-12-10-16(21(26)14-18)11-13-23(27)25-20-8-4-2-6-17(20)15-29-22-9-5-3-7-19(22)24/h2-14,26H,15H2,1H3,(H,25,27)/b13-11+. The Bertz CT molecular complexity index is 1030. The van der Waals surface area contributed by atoms with Gasteiger partial charge in [0.25, 0.3) is 0 Å². The third-order valence-corrected chi connectivity index (χ3v) is 4.15. The molecule has 0 saturated carbocycles. The van der Waals surface area contributed by atoms with Crippen LogP contribution in [0.4, 0.5) is 10.1 Å². The monoisotopic (exact) mass is 393 g/mol. The second-order valence-corrected chi connectivity index (χ2v) is 6.12. The number of aromatic hydroxyl groups is 1. The number of rotatable bonds is 7. The summed E-state index contributed by atoms with van der Waals surface area (Å²) in [5.41, 5.74) is 1.74. The molecule has 29 heavy (non-hydrogen) atoms. The van der Waals surface area contributed by atoms with Crippen LogP contribution in [0, 0.1) is 5.82 Å². The summed E-state index contributed by atoms with van der Waals surface area (Å²) in [4.78, 5) is 12.3. The van der Waals surface area contributed by atoms with Crippen LogP contribution in [0.1, 0.15) is 11.1 Å². The molecule has 0 bridgehead atoms.